The third kappa shape index (κ3) is 3.33. The molecule has 0 atom stereocenters. The fraction of sp³-hybridized carbons (Fsp3) is 0.143. The number of carbonyl (C=O) groups is 1. The van der Waals surface area contributed by atoms with Gasteiger partial charge in [-0.15, -0.1) is 0 Å². The number of aromatic nitrogens is 1. The van der Waals surface area contributed by atoms with Crippen molar-refractivity contribution in [2.75, 3.05) is 6.61 Å². The zero-order valence-electron chi connectivity index (χ0n) is 10.6. The van der Waals surface area contributed by atoms with Gasteiger partial charge in [-0.05, 0) is 53.2 Å². The van der Waals surface area contributed by atoms with Gasteiger partial charge < -0.3 is 9.47 Å². The standard InChI is InChI=1S/C14H11BrFNO3/c1-2-19-14(18)10-4-3-7-17-13(10)20-12-6-5-9(16)8-11(12)15/h3-8H,2H2,1H3. The van der Waals surface area contributed by atoms with E-state index in [0.29, 0.717) is 10.2 Å². The highest BCUT2D eigenvalue weighted by Crippen LogP contribution is 2.30. The first-order valence-corrected chi connectivity index (χ1v) is 6.66. The molecule has 1 aromatic carbocycles. The molecule has 0 spiro atoms. The van der Waals surface area contributed by atoms with Gasteiger partial charge in [0.05, 0.1) is 11.1 Å². The van der Waals surface area contributed by atoms with Gasteiger partial charge in [-0.2, -0.15) is 0 Å². The molecule has 0 bridgehead atoms. The maximum atomic E-state index is 13.0. The minimum Gasteiger partial charge on any atom is -0.462 e. The molecule has 0 aliphatic heterocycles. The highest BCUT2D eigenvalue weighted by molar-refractivity contribution is 9.10. The first kappa shape index (κ1) is 14.5. The van der Waals surface area contributed by atoms with Crippen molar-refractivity contribution in [1.29, 1.82) is 0 Å². The van der Waals surface area contributed by atoms with Crippen LogP contribution in [0.4, 0.5) is 4.39 Å². The molecule has 2 aromatic rings. The Labute approximate surface area is 123 Å². The van der Waals surface area contributed by atoms with Gasteiger partial charge in [0.2, 0.25) is 5.88 Å². The number of rotatable bonds is 4. The molecule has 0 aliphatic rings. The largest absolute Gasteiger partial charge is 0.462 e. The second-order valence-electron chi connectivity index (χ2n) is 3.75. The van der Waals surface area contributed by atoms with Crippen LogP contribution in [0.15, 0.2) is 41.0 Å². The van der Waals surface area contributed by atoms with Crippen LogP contribution in [0.25, 0.3) is 0 Å². The lowest BCUT2D eigenvalue weighted by molar-refractivity contribution is 0.0522. The molecule has 0 radical (unpaired) electrons. The molecule has 0 aliphatic carbocycles. The van der Waals surface area contributed by atoms with Gasteiger partial charge in [-0.3, -0.25) is 0 Å². The molecule has 4 nitrogen and oxygen atoms in total. The van der Waals surface area contributed by atoms with Gasteiger partial charge in [-0.1, -0.05) is 0 Å². The van der Waals surface area contributed by atoms with Crippen LogP contribution in [0, 0.1) is 5.82 Å². The summed E-state index contributed by atoms with van der Waals surface area (Å²) < 4.78 is 23.9. The van der Waals surface area contributed by atoms with E-state index in [1.165, 1.54) is 24.4 Å². The van der Waals surface area contributed by atoms with Crippen LogP contribution in [0.1, 0.15) is 17.3 Å². The normalized spacial score (nSPS) is 10.2. The first-order valence-electron chi connectivity index (χ1n) is 5.87. The Bertz CT molecular complexity index is 634. The zero-order valence-corrected chi connectivity index (χ0v) is 12.2. The minimum atomic E-state index is -0.520. The Balaban J connectivity index is 2.31. The van der Waals surface area contributed by atoms with Crippen molar-refractivity contribution in [1.82, 2.24) is 4.98 Å². The SMILES string of the molecule is CCOC(=O)c1cccnc1Oc1ccc(F)cc1Br. The Morgan fingerprint density at radius 2 is 2.20 bits per heavy atom. The Morgan fingerprint density at radius 3 is 2.90 bits per heavy atom. The van der Waals surface area contributed by atoms with E-state index in [1.807, 2.05) is 0 Å². The number of hydrogen-bond acceptors (Lipinski definition) is 4. The van der Waals surface area contributed by atoms with Crippen LogP contribution >= 0.6 is 15.9 Å². The smallest absolute Gasteiger partial charge is 0.343 e. The van der Waals surface area contributed by atoms with Crippen LogP contribution in [0.3, 0.4) is 0 Å². The average Bonchev–Trinajstić information content (AvgIpc) is 2.43. The molecule has 0 amide bonds. The van der Waals surface area contributed by atoms with Crippen LogP contribution in [0.5, 0.6) is 11.6 Å². The van der Waals surface area contributed by atoms with Gasteiger partial charge in [0.25, 0.3) is 0 Å². The van der Waals surface area contributed by atoms with E-state index in [4.69, 9.17) is 9.47 Å². The molecule has 104 valence electrons. The number of halogens is 2. The maximum Gasteiger partial charge on any atom is 0.343 e. The van der Waals surface area contributed by atoms with Crippen molar-refractivity contribution >= 4 is 21.9 Å². The minimum absolute atomic E-state index is 0.109. The Hall–Kier alpha value is -1.95. The van der Waals surface area contributed by atoms with E-state index in [-0.39, 0.29) is 18.1 Å². The molecule has 1 heterocycles. The van der Waals surface area contributed by atoms with Gasteiger partial charge >= 0.3 is 5.97 Å². The number of ether oxygens (including phenoxy) is 2. The summed E-state index contributed by atoms with van der Waals surface area (Å²) in [6.45, 7) is 1.97. The average molecular weight is 340 g/mol. The van der Waals surface area contributed by atoms with E-state index in [0.717, 1.165) is 0 Å². The van der Waals surface area contributed by atoms with Crippen molar-refractivity contribution in [3.8, 4) is 11.6 Å². The molecule has 2 rings (SSSR count). The summed E-state index contributed by atoms with van der Waals surface area (Å²) in [5.41, 5.74) is 0.213. The molecule has 0 N–H and O–H groups in total. The third-order valence-electron chi connectivity index (χ3n) is 2.37. The third-order valence-corrected chi connectivity index (χ3v) is 2.99. The maximum absolute atomic E-state index is 13.0. The van der Waals surface area contributed by atoms with E-state index in [1.54, 1.807) is 19.1 Å². The Morgan fingerprint density at radius 1 is 1.40 bits per heavy atom. The summed E-state index contributed by atoms with van der Waals surface area (Å²) in [7, 11) is 0. The molecular formula is C14H11BrFNO3. The lowest BCUT2D eigenvalue weighted by Gasteiger charge is -2.10. The summed E-state index contributed by atoms with van der Waals surface area (Å²) in [5, 5.41) is 0. The van der Waals surface area contributed by atoms with Crippen LogP contribution < -0.4 is 4.74 Å². The highest BCUT2D eigenvalue weighted by Gasteiger charge is 2.16. The van der Waals surface area contributed by atoms with Gasteiger partial charge in [0, 0.05) is 6.20 Å². The summed E-state index contributed by atoms with van der Waals surface area (Å²) in [6, 6.07) is 7.13. The second-order valence-corrected chi connectivity index (χ2v) is 4.61. The van der Waals surface area contributed by atoms with Gasteiger partial charge in [0.1, 0.15) is 17.1 Å². The molecule has 1 aromatic heterocycles. The molecule has 6 heteroatoms. The number of benzene rings is 1. The molecule has 0 fully saturated rings. The lowest BCUT2D eigenvalue weighted by Crippen LogP contribution is -2.07. The van der Waals surface area contributed by atoms with Crippen molar-refractivity contribution in [2.45, 2.75) is 6.92 Å². The fourth-order valence-corrected chi connectivity index (χ4v) is 1.93. The number of carbonyl (C=O) groups excluding carboxylic acids is 1. The number of hydrogen-bond donors (Lipinski definition) is 0. The summed E-state index contributed by atoms with van der Waals surface area (Å²) in [6.07, 6.45) is 1.50. The van der Waals surface area contributed by atoms with Crippen molar-refractivity contribution in [3.63, 3.8) is 0 Å². The van der Waals surface area contributed by atoms with Gasteiger partial charge in [0.15, 0.2) is 0 Å². The molecule has 0 unspecified atom stereocenters. The number of pyridine rings is 1. The predicted octanol–water partition coefficient (Wildman–Crippen LogP) is 3.95. The van der Waals surface area contributed by atoms with Crippen LogP contribution in [-0.2, 0) is 4.74 Å². The molecule has 20 heavy (non-hydrogen) atoms. The highest BCUT2D eigenvalue weighted by atomic mass is 79.9. The van der Waals surface area contributed by atoms with Crippen molar-refractivity contribution < 1.29 is 18.7 Å². The van der Waals surface area contributed by atoms with E-state index >= 15 is 0 Å². The summed E-state index contributed by atoms with van der Waals surface area (Å²) >= 11 is 3.19. The van der Waals surface area contributed by atoms with Crippen LogP contribution in [-0.4, -0.2) is 17.6 Å². The van der Waals surface area contributed by atoms with E-state index < -0.39 is 11.8 Å². The Kier molecular flexibility index (Phi) is 4.68. The van der Waals surface area contributed by atoms with Crippen LogP contribution in [0.2, 0.25) is 0 Å². The lowest BCUT2D eigenvalue weighted by atomic mass is 10.2. The predicted molar refractivity (Wildman–Crippen MR) is 74.4 cm³/mol. The first-order chi connectivity index (χ1) is 9.61. The number of nitrogens with zero attached hydrogens (tertiary/aromatic N) is 1. The molecule has 0 saturated carbocycles. The van der Waals surface area contributed by atoms with Crippen molar-refractivity contribution in [2.24, 2.45) is 0 Å². The van der Waals surface area contributed by atoms with Gasteiger partial charge in [-0.25, -0.2) is 14.2 Å². The second kappa shape index (κ2) is 6.47. The van der Waals surface area contributed by atoms with Crippen molar-refractivity contribution in [3.05, 3.63) is 52.4 Å². The summed E-state index contributed by atoms with van der Waals surface area (Å²) in [4.78, 5) is 15.8. The topological polar surface area (TPSA) is 48.4 Å². The van der Waals surface area contributed by atoms with E-state index in [9.17, 15) is 9.18 Å². The fourth-order valence-electron chi connectivity index (χ4n) is 1.50. The molecular weight excluding hydrogens is 329 g/mol. The number of esters is 1. The zero-order chi connectivity index (χ0) is 14.5. The quantitative estimate of drug-likeness (QED) is 0.791. The van der Waals surface area contributed by atoms with E-state index in [2.05, 4.69) is 20.9 Å². The summed E-state index contributed by atoms with van der Waals surface area (Å²) in [5.74, 6) is -0.446. The monoisotopic (exact) mass is 339 g/mol. The molecule has 0 saturated heterocycles.